The van der Waals surface area contributed by atoms with Crippen molar-refractivity contribution in [1.82, 2.24) is 14.8 Å². The highest BCUT2D eigenvalue weighted by Crippen LogP contribution is 2.19. The van der Waals surface area contributed by atoms with Crippen LogP contribution in [-0.4, -0.2) is 14.8 Å². The number of aromatic nitrogens is 3. The van der Waals surface area contributed by atoms with Crippen molar-refractivity contribution in [1.29, 1.82) is 0 Å². The fraction of sp³-hybridized carbons (Fsp3) is 0.0667. The van der Waals surface area contributed by atoms with E-state index >= 15 is 0 Å². The average Bonchev–Trinajstić information content (AvgIpc) is 2.89. The lowest BCUT2D eigenvalue weighted by Crippen LogP contribution is -2.01. The number of hydrogen-bond donors (Lipinski definition) is 0. The van der Waals surface area contributed by atoms with E-state index in [9.17, 15) is 0 Å². The summed E-state index contributed by atoms with van der Waals surface area (Å²) in [5.74, 6) is 0. The molecule has 4 heteroatoms. The van der Waals surface area contributed by atoms with Crippen LogP contribution in [0.25, 0.3) is 11.3 Å². The quantitative estimate of drug-likeness (QED) is 0.727. The third kappa shape index (κ3) is 2.83. The molecule has 0 spiro atoms. The van der Waals surface area contributed by atoms with Crippen LogP contribution in [0, 0.1) is 0 Å². The van der Waals surface area contributed by atoms with Gasteiger partial charge >= 0.3 is 0 Å². The van der Waals surface area contributed by atoms with Gasteiger partial charge in [0.15, 0.2) is 0 Å². The molecular weight excluding hydrogens is 258 g/mol. The molecule has 0 bridgehead atoms. The Morgan fingerprint density at radius 2 is 1.84 bits per heavy atom. The highest BCUT2D eigenvalue weighted by atomic mass is 35.5. The summed E-state index contributed by atoms with van der Waals surface area (Å²) >= 11 is 5.88. The Labute approximate surface area is 116 Å². The van der Waals surface area contributed by atoms with Gasteiger partial charge in [0.05, 0.1) is 17.9 Å². The second-order valence-electron chi connectivity index (χ2n) is 4.23. The zero-order valence-corrected chi connectivity index (χ0v) is 11.0. The van der Waals surface area contributed by atoms with E-state index in [0.29, 0.717) is 6.54 Å². The van der Waals surface area contributed by atoms with Crippen molar-refractivity contribution in [3.05, 3.63) is 71.6 Å². The summed E-state index contributed by atoms with van der Waals surface area (Å²) in [6.07, 6.45) is 3.75. The third-order valence-corrected chi connectivity index (χ3v) is 3.08. The Morgan fingerprint density at radius 1 is 1.00 bits per heavy atom. The minimum atomic E-state index is 0.675. The maximum Gasteiger partial charge on any atom is 0.0923 e. The van der Waals surface area contributed by atoms with E-state index in [0.717, 1.165) is 22.0 Å². The summed E-state index contributed by atoms with van der Waals surface area (Å²) < 4.78 is 1.88. The molecule has 2 heterocycles. The molecule has 0 aliphatic heterocycles. The Bertz CT molecular complexity index is 659. The van der Waals surface area contributed by atoms with Crippen LogP contribution in [0.5, 0.6) is 0 Å². The molecule has 0 unspecified atom stereocenters. The van der Waals surface area contributed by atoms with Crippen molar-refractivity contribution in [2.24, 2.45) is 0 Å². The Morgan fingerprint density at radius 3 is 2.58 bits per heavy atom. The normalized spacial score (nSPS) is 10.6. The summed E-state index contributed by atoms with van der Waals surface area (Å²) in [6, 6.07) is 15.5. The summed E-state index contributed by atoms with van der Waals surface area (Å²) in [5, 5.41) is 5.27. The first-order chi connectivity index (χ1) is 9.31. The van der Waals surface area contributed by atoms with Crippen LogP contribution in [0.15, 0.2) is 60.9 Å². The number of hydrogen-bond acceptors (Lipinski definition) is 2. The first kappa shape index (κ1) is 11.9. The van der Waals surface area contributed by atoms with Gasteiger partial charge in [0.2, 0.25) is 0 Å². The number of nitrogens with zero attached hydrogens (tertiary/aromatic N) is 3. The molecule has 2 aromatic heterocycles. The van der Waals surface area contributed by atoms with Crippen molar-refractivity contribution in [2.75, 3.05) is 0 Å². The van der Waals surface area contributed by atoms with Gasteiger partial charge < -0.3 is 0 Å². The number of halogens is 1. The smallest absolute Gasteiger partial charge is 0.0923 e. The summed E-state index contributed by atoms with van der Waals surface area (Å²) in [6.45, 7) is 0.675. The fourth-order valence-electron chi connectivity index (χ4n) is 1.88. The van der Waals surface area contributed by atoms with E-state index in [-0.39, 0.29) is 0 Å². The van der Waals surface area contributed by atoms with Crippen LogP contribution in [-0.2, 0) is 6.54 Å². The van der Waals surface area contributed by atoms with Crippen molar-refractivity contribution in [3.8, 4) is 11.3 Å². The lowest BCUT2D eigenvalue weighted by Gasteiger charge is -2.00. The predicted octanol–water partition coefficient (Wildman–Crippen LogP) is 3.65. The second kappa shape index (κ2) is 5.24. The van der Waals surface area contributed by atoms with Crippen LogP contribution < -0.4 is 0 Å². The molecule has 0 aliphatic rings. The van der Waals surface area contributed by atoms with Crippen LogP contribution >= 0.6 is 11.6 Å². The van der Waals surface area contributed by atoms with Crippen molar-refractivity contribution in [3.63, 3.8) is 0 Å². The van der Waals surface area contributed by atoms with Crippen LogP contribution in [0.2, 0.25) is 5.02 Å². The van der Waals surface area contributed by atoms with Crippen LogP contribution in [0.4, 0.5) is 0 Å². The summed E-state index contributed by atoms with van der Waals surface area (Å²) in [4.78, 5) is 4.29. The van der Waals surface area contributed by atoms with Gasteiger partial charge in [0.25, 0.3) is 0 Å². The molecule has 3 rings (SSSR count). The Kier molecular flexibility index (Phi) is 3.29. The summed E-state index contributed by atoms with van der Waals surface area (Å²) in [7, 11) is 0. The maximum absolute atomic E-state index is 5.88. The van der Waals surface area contributed by atoms with E-state index in [1.165, 1.54) is 0 Å². The van der Waals surface area contributed by atoms with E-state index < -0.39 is 0 Å². The molecule has 0 N–H and O–H groups in total. The van der Waals surface area contributed by atoms with Crippen molar-refractivity contribution in [2.45, 2.75) is 6.54 Å². The van der Waals surface area contributed by atoms with E-state index in [1.54, 1.807) is 6.20 Å². The molecule has 3 nitrogen and oxygen atoms in total. The topological polar surface area (TPSA) is 30.7 Å². The van der Waals surface area contributed by atoms with Gasteiger partial charge in [-0.05, 0) is 30.3 Å². The lowest BCUT2D eigenvalue weighted by molar-refractivity contribution is 0.675. The number of pyridine rings is 1. The van der Waals surface area contributed by atoms with Crippen LogP contribution in [0.3, 0.4) is 0 Å². The SMILES string of the molecule is Clc1ccc(-c2ccn(Cc3ccccn3)n2)cc1. The van der Waals surface area contributed by atoms with Gasteiger partial charge in [0, 0.05) is 23.0 Å². The maximum atomic E-state index is 5.88. The highest BCUT2D eigenvalue weighted by molar-refractivity contribution is 6.30. The molecule has 0 fully saturated rings. The molecule has 0 saturated heterocycles. The third-order valence-electron chi connectivity index (χ3n) is 2.83. The molecule has 3 aromatic rings. The first-order valence-corrected chi connectivity index (χ1v) is 6.38. The minimum Gasteiger partial charge on any atom is -0.266 e. The minimum absolute atomic E-state index is 0.675. The average molecular weight is 270 g/mol. The Balaban J connectivity index is 1.82. The van der Waals surface area contributed by atoms with Crippen molar-refractivity contribution < 1.29 is 0 Å². The van der Waals surface area contributed by atoms with Gasteiger partial charge in [0.1, 0.15) is 0 Å². The number of rotatable bonds is 3. The lowest BCUT2D eigenvalue weighted by atomic mass is 10.2. The molecule has 0 amide bonds. The van der Waals surface area contributed by atoms with Crippen LogP contribution in [0.1, 0.15) is 5.69 Å². The fourth-order valence-corrected chi connectivity index (χ4v) is 2.01. The molecule has 19 heavy (non-hydrogen) atoms. The van der Waals surface area contributed by atoms with E-state index in [4.69, 9.17) is 11.6 Å². The molecule has 1 aromatic carbocycles. The van der Waals surface area contributed by atoms with Crippen molar-refractivity contribution >= 4 is 11.6 Å². The second-order valence-corrected chi connectivity index (χ2v) is 4.66. The Hall–Kier alpha value is -2.13. The largest absolute Gasteiger partial charge is 0.266 e. The van der Waals surface area contributed by atoms with Gasteiger partial charge in [-0.25, -0.2) is 0 Å². The van der Waals surface area contributed by atoms with Gasteiger partial charge in [-0.2, -0.15) is 5.10 Å². The number of benzene rings is 1. The van der Waals surface area contributed by atoms with Gasteiger partial charge in [-0.3, -0.25) is 9.67 Å². The molecule has 0 atom stereocenters. The zero-order valence-electron chi connectivity index (χ0n) is 10.2. The van der Waals surface area contributed by atoms with E-state index in [1.807, 2.05) is 59.4 Å². The standard InChI is InChI=1S/C15H12ClN3/c16-13-6-4-12(5-7-13)15-8-10-19(18-15)11-14-3-1-2-9-17-14/h1-10H,11H2. The predicted molar refractivity (Wildman–Crippen MR) is 76.0 cm³/mol. The molecule has 0 radical (unpaired) electrons. The van der Waals surface area contributed by atoms with E-state index in [2.05, 4.69) is 10.1 Å². The molecule has 0 aliphatic carbocycles. The highest BCUT2D eigenvalue weighted by Gasteiger charge is 2.03. The molecule has 0 saturated carbocycles. The zero-order chi connectivity index (χ0) is 13.1. The van der Waals surface area contributed by atoms with Gasteiger partial charge in [-0.1, -0.05) is 29.8 Å². The molecule has 94 valence electrons. The first-order valence-electron chi connectivity index (χ1n) is 6.00. The summed E-state index contributed by atoms with van der Waals surface area (Å²) in [5.41, 5.74) is 2.99. The monoisotopic (exact) mass is 269 g/mol. The molecular formula is C15H12ClN3. The van der Waals surface area contributed by atoms with Gasteiger partial charge in [-0.15, -0.1) is 0 Å².